The van der Waals surface area contributed by atoms with E-state index in [0.717, 1.165) is 36.3 Å². The average molecular weight is 308 g/mol. The van der Waals surface area contributed by atoms with Gasteiger partial charge in [0.15, 0.2) is 0 Å². The van der Waals surface area contributed by atoms with Crippen LogP contribution in [-0.2, 0) is 4.74 Å². The Morgan fingerprint density at radius 1 is 1.26 bits per heavy atom. The molecule has 1 aromatic heterocycles. The summed E-state index contributed by atoms with van der Waals surface area (Å²) in [6, 6.07) is 12.1. The van der Waals surface area contributed by atoms with Crippen LogP contribution in [0.25, 0.3) is 11.1 Å². The Kier molecular flexibility index (Phi) is 3.62. The number of rotatable bonds is 3. The second-order valence-electron chi connectivity index (χ2n) is 6.36. The molecule has 3 atom stereocenters. The molecule has 1 aromatic carbocycles. The van der Waals surface area contributed by atoms with Crippen LogP contribution in [0.2, 0.25) is 0 Å². The Hall–Kier alpha value is -2.20. The number of ether oxygens (including phenoxy) is 1. The van der Waals surface area contributed by atoms with Gasteiger partial charge in [-0.1, -0.05) is 30.3 Å². The second kappa shape index (κ2) is 5.78. The van der Waals surface area contributed by atoms with Crippen LogP contribution < -0.4 is 5.32 Å². The summed E-state index contributed by atoms with van der Waals surface area (Å²) in [6.45, 7) is 2.71. The number of carbonyl (C=O) groups excluding carboxylic acids is 1. The van der Waals surface area contributed by atoms with Crippen LogP contribution in [-0.4, -0.2) is 29.6 Å². The quantitative estimate of drug-likeness (QED) is 0.948. The van der Waals surface area contributed by atoms with E-state index in [2.05, 4.69) is 10.3 Å². The summed E-state index contributed by atoms with van der Waals surface area (Å²) in [7, 11) is 0. The molecule has 0 radical (unpaired) electrons. The molecule has 1 aliphatic heterocycles. The highest BCUT2D eigenvalue weighted by molar-refractivity contribution is 6.02. The standard InChI is InChI=1S/C19H20N2O2/c1-12-18(14(7-9-20-12)13-5-3-2-4-6-13)19(22)21-16-11-17-15(16)8-10-23-17/h2-7,9,15-17H,8,10-11H2,1H3,(H,21,22)/t15-,16+,17+/m1/s1. The molecule has 0 spiro atoms. The topological polar surface area (TPSA) is 51.2 Å². The first-order valence-electron chi connectivity index (χ1n) is 8.17. The smallest absolute Gasteiger partial charge is 0.253 e. The molecule has 0 bridgehead atoms. The molecular formula is C19H20N2O2. The second-order valence-corrected chi connectivity index (χ2v) is 6.36. The Morgan fingerprint density at radius 3 is 2.87 bits per heavy atom. The van der Waals surface area contributed by atoms with E-state index in [1.807, 2.05) is 43.3 Å². The summed E-state index contributed by atoms with van der Waals surface area (Å²) in [5, 5.41) is 3.20. The van der Waals surface area contributed by atoms with Crippen molar-refractivity contribution in [2.24, 2.45) is 5.92 Å². The molecule has 2 aromatic rings. The highest BCUT2D eigenvalue weighted by Gasteiger charge is 2.46. The van der Waals surface area contributed by atoms with Crippen LogP contribution in [0.5, 0.6) is 0 Å². The summed E-state index contributed by atoms with van der Waals surface area (Å²) in [4.78, 5) is 17.2. The van der Waals surface area contributed by atoms with Crippen LogP contribution in [0.15, 0.2) is 42.6 Å². The van der Waals surface area contributed by atoms with Gasteiger partial charge in [0.05, 0.1) is 17.4 Å². The van der Waals surface area contributed by atoms with E-state index < -0.39 is 0 Å². The molecular weight excluding hydrogens is 288 g/mol. The minimum atomic E-state index is -0.0233. The number of carbonyl (C=O) groups is 1. The van der Waals surface area contributed by atoms with Crippen LogP contribution >= 0.6 is 0 Å². The van der Waals surface area contributed by atoms with Gasteiger partial charge in [0.2, 0.25) is 0 Å². The number of aryl methyl sites for hydroxylation is 1. The van der Waals surface area contributed by atoms with Gasteiger partial charge in [-0.15, -0.1) is 0 Å². The zero-order valence-corrected chi connectivity index (χ0v) is 13.2. The van der Waals surface area contributed by atoms with Gasteiger partial charge in [-0.05, 0) is 37.0 Å². The molecule has 118 valence electrons. The highest BCUT2D eigenvalue weighted by Crippen LogP contribution is 2.39. The third kappa shape index (κ3) is 2.53. The number of nitrogens with one attached hydrogen (secondary N) is 1. The van der Waals surface area contributed by atoms with Crippen molar-refractivity contribution >= 4 is 5.91 Å². The van der Waals surface area contributed by atoms with Gasteiger partial charge in [-0.25, -0.2) is 0 Å². The van der Waals surface area contributed by atoms with Gasteiger partial charge < -0.3 is 10.1 Å². The maximum atomic E-state index is 12.9. The largest absolute Gasteiger partial charge is 0.378 e. The molecule has 1 N–H and O–H groups in total. The monoisotopic (exact) mass is 308 g/mol. The third-order valence-electron chi connectivity index (χ3n) is 5.03. The molecule has 4 rings (SSSR count). The molecule has 2 fully saturated rings. The fourth-order valence-corrected chi connectivity index (χ4v) is 3.72. The number of aromatic nitrogens is 1. The van der Waals surface area contributed by atoms with Gasteiger partial charge >= 0.3 is 0 Å². The molecule has 1 saturated heterocycles. The molecule has 23 heavy (non-hydrogen) atoms. The maximum Gasteiger partial charge on any atom is 0.253 e. The molecule has 1 amide bonds. The number of benzene rings is 1. The molecule has 1 saturated carbocycles. The van der Waals surface area contributed by atoms with Crippen molar-refractivity contribution in [3.63, 3.8) is 0 Å². The van der Waals surface area contributed by atoms with Gasteiger partial charge in [0.1, 0.15) is 0 Å². The van der Waals surface area contributed by atoms with E-state index in [0.29, 0.717) is 17.6 Å². The van der Waals surface area contributed by atoms with Crippen molar-refractivity contribution in [3.05, 3.63) is 53.9 Å². The lowest BCUT2D eigenvalue weighted by molar-refractivity contribution is 0.00810. The SMILES string of the molecule is Cc1nccc(-c2ccccc2)c1C(=O)N[C@H]1C[C@@H]2OCC[C@H]12. The van der Waals surface area contributed by atoms with Gasteiger partial charge in [-0.2, -0.15) is 0 Å². The molecule has 4 heteroatoms. The van der Waals surface area contributed by atoms with Crippen LogP contribution in [0, 0.1) is 12.8 Å². The Morgan fingerprint density at radius 2 is 2.09 bits per heavy atom. The summed E-state index contributed by atoms with van der Waals surface area (Å²) in [5.74, 6) is 0.459. The number of nitrogens with zero attached hydrogens (tertiary/aromatic N) is 1. The minimum Gasteiger partial charge on any atom is -0.378 e. The van der Waals surface area contributed by atoms with Crippen molar-refractivity contribution < 1.29 is 9.53 Å². The lowest BCUT2D eigenvalue weighted by Gasteiger charge is -2.39. The Bertz CT molecular complexity index is 729. The van der Waals surface area contributed by atoms with Gasteiger partial charge in [0, 0.05) is 24.8 Å². The van der Waals surface area contributed by atoms with Crippen LogP contribution in [0.4, 0.5) is 0 Å². The Labute approximate surface area is 135 Å². The first-order chi connectivity index (χ1) is 11.2. The lowest BCUT2D eigenvalue weighted by Crippen LogP contribution is -2.53. The molecule has 1 aliphatic carbocycles. The number of pyridine rings is 1. The highest BCUT2D eigenvalue weighted by atomic mass is 16.5. The van der Waals surface area contributed by atoms with E-state index >= 15 is 0 Å². The van der Waals surface area contributed by atoms with E-state index in [1.165, 1.54) is 0 Å². The van der Waals surface area contributed by atoms with Gasteiger partial charge in [0.25, 0.3) is 5.91 Å². The first-order valence-corrected chi connectivity index (χ1v) is 8.17. The van der Waals surface area contributed by atoms with Crippen LogP contribution in [0.3, 0.4) is 0 Å². The lowest BCUT2D eigenvalue weighted by atomic mass is 9.76. The molecule has 0 unspecified atom stereocenters. The summed E-state index contributed by atoms with van der Waals surface area (Å²) < 4.78 is 5.62. The fourth-order valence-electron chi connectivity index (χ4n) is 3.72. The molecule has 2 heterocycles. The summed E-state index contributed by atoms with van der Waals surface area (Å²) >= 11 is 0. The van der Waals surface area contributed by atoms with Gasteiger partial charge in [-0.3, -0.25) is 9.78 Å². The Balaban J connectivity index is 1.62. The van der Waals surface area contributed by atoms with Crippen molar-refractivity contribution in [3.8, 4) is 11.1 Å². The summed E-state index contributed by atoms with van der Waals surface area (Å²) in [6.07, 6.45) is 4.09. The van der Waals surface area contributed by atoms with Crippen molar-refractivity contribution in [2.45, 2.75) is 31.9 Å². The van der Waals surface area contributed by atoms with Crippen molar-refractivity contribution in [1.82, 2.24) is 10.3 Å². The number of hydrogen-bond acceptors (Lipinski definition) is 3. The van der Waals surface area contributed by atoms with E-state index in [1.54, 1.807) is 6.20 Å². The van der Waals surface area contributed by atoms with E-state index in [4.69, 9.17) is 4.74 Å². The van der Waals surface area contributed by atoms with Crippen LogP contribution in [0.1, 0.15) is 28.9 Å². The number of fused-ring (bicyclic) bond motifs is 1. The maximum absolute atomic E-state index is 12.9. The van der Waals surface area contributed by atoms with Crippen molar-refractivity contribution in [1.29, 1.82) is 0 Å². The number of amides is 1. The summed E-state index contributed by atoms with van der Waals surface area (Å²) in [5.41, 5.74) is 3.43. The zero-order chi connectivity index (χ0) is 15.8. The van der Waals surface area contributed by atoms with Crippen molar-refractivity contribution in [2.75, 3.05) is 6.61 Å². The molecule has 4 nitrogen and oxygen atoms in total. The minimum absolute atomic E-state index is 0.0233. The molecule has 2 aliphatic rings. The predicted molar refractivity (Wildman–Crippen MR) is 88.1 cm³/mol. The normalized spacial score (nSPS) is 25.5. The van der Waals surface area contributed by atoms with E-state index in [9.17, 15) is 4.79 Å². The zero-order valence-electron chi connectivity index (χ0n) is 13.2. The predicted octanol–water partition coefficient (Wildman–Crippen LogP) is 2.96. The third-order valence-corrected chi connectivity index (χ3v) is 5.03. The number of hydrogen-bond donors (Lipinski definition) is 1. The first kappa shape index (κ1) is 14.4. The fraction of sp³-hybridized carbons (Fsp3) is 0.368. The average Bonchev–Trinajstić information content (AvgIpc) is 2.94. The van der Waals surface area contributed by atoms with E-state index in [-0.39, 0.29) is 11.9 Å².